The average Bonchev–Trinajstić information content (AvgIpc) is 2.70. The number of carbonyl (C=O) groups is 2. The number of rotatable bonds is 3. The summed E-state index contributed by atoms with van der Waals surface area (Å²) in [6, 6.07) is 5.57. The molecule has 2 rings (SSSR count). The maximum absolute atomic E-state index is 13.5. The fourth-order valence-electron chi connectivity index (χ4n) is 2.60. The predicted octanol–water partition coefficient (Wildman–Crippen LogP) is 1.75. The van der Waals surface area contributed by atoms with Gasteiger partial charge in [0.05, 0.1) is 6.61 Å². The van der Waals surface area contributed by atoms with Crippen molar-refractivity contribution in [3.8, 4) is 0 Å². The van der Waals surface area contributed by atoms with E-state index in [2.05, 4.69) is 10.1 Å². The molecule has 0 saturated heterocycles. The van der Waals surface area contributed by atoms with Crippen LogP contribution in [0.25, 0.3) is 0 Å². The maximum Gasteiger partial charge on any atom is 0.429 e. The summed E-state index contributed by atoms with van der Waals surface area (Å²) in [5.74, 6) is -3.03. The van der Waals surface area contributed by atoms with E-state index in [1.807, 2.05) is 0 Å². The van der Waals surface area contributed by atoms with Crippen LogP contribution in [0.15, 0.2) is 24.3 Å². The van der Waals surface area contributed by atoms with E-state index in [0.717, 1.165) is 6.92 Å². The minimum absolute atomic E-state index is 0.113. The van der Waals surface area contributed by atoms with Crippen molar-refractivity contribution in [2.45, 2.75) is 31.0 Å². The van der Waals surface area contributed by atoms with Crippen molar-refractivity contribution < 1.29 is 32.6 Å². The van der Waals surface area contributed by atoms with Crippen LogP contribution in [0.2, 0.25) is 0 Å². The number of benzene rings is 1. The van der Waals surface area contributed by atoms with Crippen molar-refractivity contribution in [2.75, 3.05) is 11.9 Å². The molecule has 1 aromatic carbocycles. The zero-order valence-corrected chi connectivity index (χ0v) is 11.8. The van der Waals surface area contributed by atoms with Crippen LogP contribution >= 0.6 is 0 Å². The molecule has 120 valence electrons. The van der Waals surface area contributed by atoms with Crippen LogP contribution in [0.1, 0.15) is 19.4 Å². The topological polar surface area (TPSA) is 75.6 Å². The zero-order valence-electron chi connectivity index (χ0n) is 11.8. The Morgan fingerprint density at radius 1 is 1.36 bits per heavy atom. The molecule has 0 spiro atoms. The quantitative estimate of drug-likeness (QED) is 0.833. The van der Waals surface area contributed by atoms with E-state index in [-0.39, 0.29) is 17.9 Å². The Hall–Kier alpha value is -2.09. The standard InChI is InChI=1S/C14H14F3NO4/c1-3-22-11(20)13(21,14(15,16)17)12(2)8-6-4-5-7-9(8)18-10(12)19/h4-7,21H,3H2,1-2H3,(H,18,19)/t12-,13-/m0/s1. The van der Waals surface area contributed by atoms with Gasteiger partial charge in [-0.2, -0.15) is 13.2 Å². The molecule has 0 bridgehead atoms. The summed E-state index contributed by atoms with van der Waals surface area (Å²) in [6.07, 6.45) is -5.40. The molecule has 0 aliphatic carbocycles. The second kappa shape index (κ2) is 4.98. The van der Waals surface area contributed by atoms with Crippen LogP contribution in [-0.4, -0.2) is 35.4 Å². The lowest BCUT2D eigenvalue weighted by Gasteiger charge is -2.39. The molecule has 0 fully saturated rings. The molecule has 2 atom stereocenters. The summed E-state index contributed by atoms with van der Waals surface area (Å²) in [5, 5.41) is 12.5. The molecular weight excluding hydrogens is 303 g/mol. The fourth-order valence-corrected chi connectivity index (χ4v) is 2.60. The Morgan fingerprint density at radius 3 is 2.50 bits per heavy atom. The van der Waals surface area contributed by atoms with Gasteiger partial charge >= 0.3 is 12.1 Å². The third-order valence-electron chi connectivity index (χ3n) is 3.87. The van der Waals surface area contributed by atoms with Gasteiger partial charge in [0.2, 0.25) is 5.91 Å². The first-order chi connectivity index (χ1) is 10.1. The molecular formula is C14H14F3NO4. The Bertz CT molecular complexity index is 631. The predicted molar refractivity (Wildman–Crippen MR) is 70.1 cm³/mol. The van der Waals surface area contributed by atoms with Crippen molar-refractivity contribution >= 4 is 17.6 Å². The highest BCUT2D eigenvalue weighted by atomic mass is 19.4. The summed E-state index contributed by atoms with van der Waals surface area (Å²) >= 11 is 0. The number of hydrogen-bond acceptors (Lipinski definition) is 4. The molecule has 5 nitrogen and oxygen atoms in total. The largest absolute Gasteiger partial charge is 0.464 e. The molecule has 0 saturated carbocycles. The summed E-state index contributed by atoms with van der Waals surface area (Å²) in [4.78, 5) is 24.1. The SMILES string of the molecule is CCOC(=O)[C@@](O)(C(F)(F)F)[C@]1(C)C(=O)Nc2ccccc21. The molecule has 1 amide bonds. The van der Waals surface area contributed by atoms with Gasteiger partial charge in [-0.25, -0.2) is 4.79 Å². The molecule has 0 unspecified atom stereocenters. The van der Waals surface area contributed by atoms with E-state index >= 15 is 0 Å². The second-order valence-corrected chi connectivity index (χ2v) is 5.05. The Kier molecular flexibility index (Phi) is 3.68. The van der Waals surface area contributed by atoms with Gasteiger partial charge in [0.25, 0.3) is 5.60 Å². The molecule has 1 heterocycles. The zero-order chi connectivity index (χ0) is 16.8. The highest BCUT2D eigenvalue weighted by Crippen LogP contribution is 2.51. The monoisotopic (exact) mass is 317 g/mol. The second-order valence-electron chi connectivity index (χ2n) is 5.05. The molecule has 0 aromatic heterocycles. The van der Waals surface area contributed by atoms with Gasteiger partial charge in [0.1, 0.15) is 5.41 Å². The number of alkyl halides is 3. The Labute approximate surface area is 124 Å². The number of nitrogens with one attached hydrogen (secondary N) is 1. The lowest BCUT2D eigenvalue weighted by molar-refractivity contribution is -0.279. The van der Waals surface area contributed by atoms with Gasteiger partial charge in [-0.3, -0.25) is 4.79 Å². The van der Waals surface area contributed by atoms with Crippen molar-refractivity contribution in [3.05, 3.63) is 29.8 Å². The van der Waals surface area contributed by atoms with Crippen molar-refractivity contribution in [1.29, 1.82) is 0 Å². The molecule has 1 aliphatic rings. The summed E-state index contributed by atoms with van der Waals surface area (Å²) in [7, 11) is 0. The summed E-state index contributed by atoms with van der Waals surface area (Å²) in [6.45, 7) is 1.81. The van der Waals surface area contributed by atoms with Crippen LogP contribution in [0, 0.1) is 0 Å². The minimum atomic E-state index is -5.40. The Morgan fingerprint density at radius 2 is 1.95 bits per heavy atom. The number of fused-ring (bicyclic) bond motifs is 1. The van der Waals surface area contributed by atoms with Crippen LogP contribution in [-0.2, 0) is 19.7 Å². The highest BCUT2D eigenvalue weighted by molar-refractivity contribution is 6.10. The lowest BCUT2D eigenvalue weighted by Crippen LogP contribution is -2.67. The molecule has 8 heteroatoms. The van der Waals surface area contributed by atoms with Crippen molar-refractivity contribution in [3.63, 3.8) is 0 Å². The summed E-state index contributed by atoms with van der Waals surface area (Å²) < 4.78 is 44.9. The van der Waals surface area contributed by atoms with E-state index in [0.29, 0.717) is 0 Å². The molecule has 1 aliphatic heterocycles. The van der Waals surface area contributed by atoms with Gasteiger partial charge in [0.15, 0.2) is 0 Å². The van der Waals surface area contributed by atoms with E-state index in [4.69, 9.17) is 0 Å². The lowest BCUT2D eigenvalue weighted by atomic mass is 9.68. The van der Waals surface area contributed by atoms with Gasteiger partial charge < -0.3 is 15.2 Å². The van der Waals surface area contributed by atoms with E-state index in [9.17, 15) is 27.9 Å². The van der Waals surface area contributed by atoms with Crippen molar-refractivity contribution in [2.24, 2.45) is 0 Å². The first kappa shape index (κ1) is 16.3. The van der Waals surface area contributed by atoms with E-state index < -0.39 is 29.1 Å². The maximum atomic E-state index is 13.5. The van der Waals surface area contributed by atoms with Crippen LogP contribution < -0.4 is 5.32 Å². The number of anilines is 1. The molecule has 22 heavy (non-hydrogen) atoms. The third kappa shape index (κ3) is 1.90. The number of para-hydroxylation sites is 1. The minimum Gasteiger partial charge on any atom is -0.464 e. The average molecular weight is 317 g/mol. The number of aliphatic hydroxyl groups is 1. The summed E-state index contributed by atoms with van der Waals surface area (Å²) in [5.41, 5.74) is -6.55. The smallest absolute Gasteiger partial charge is 0.429 e. The van der Waals surface area contributed by atoms with Gasteiger partial charge in [0, 0.05) is 5.69 Å². The van der Waals surface area contributed by atoms with E-state index in [1.165, 1.54) is 31.2 Å². The Balaban J connectivity index is 2.72. The van der Waals surface area contributed by atoms with Gasteiger partial charge in [-0.1, -0.05) is 18.2 Å². The number of esters is 1. The fraction of sp³-hybridized carbons (Fsp3) is 0.429. The first-order valence-electron chi connectivity index (χ1n) is 6.48. The molecule has 0 radical (unpaired) electrons. The van der Waals surface area contributed by atoms with Crippen LogP contribution in [0.5, 0.6) is 0 Å². The normalized spacial score (nSPS) is 23.5. The van der Waals surface area contributed by atoms with Crippen LogP contribution in [0.4, 0.5) is 18.9 Å². The highest BCUT2D eigenvalue weighted by Gasteiger charge is 2.75. The van der Waals surface area contributed by atoms with Crippen LogP contribution in [0.3, 0.4) is 0 Å². The molecule has 1 aromatic rings. The number of amides is 1. The number of halogens is 3. The number of hydrogen-bond donors (Lipinski definition) is 2. The third-order valence-corrected chi connectivity index (χ3v) is 3.87. The van der Waals surface area contributed by atoms with E-state index in [1.54, 1.807) is 0 Å². The first-order valence-corrected chi connectivity index (χ1v) is 6.48. The van der Waals surface area contributed by atoms with Gasteiger partial charge in [-0.15, -0.1) is 0 Å². The van der Waals surface area contributed by atoms with Crippen molar-refractivity contribution in [1.82, 2.24) is 0 Å². The molecule has 2 N–H and O–H groups in total. The number of carbonyl (C=O) groups excluding carboxylic acids is 2. The van der Waals surface area contributed by atoms with Gasteiger partial charge in [-0.05, 0) is 25.5 Å². The number of ether oxygens (including phenoxy) is 1.